The lowest BCUT2D eigenvalue weighted by atomic mass is 10.1. The number of aromatic carboxylic acids is 1. The first-order valence-electron chi connectivity index (χ1n) is 7.02. The van der Waals surface area contributed by atoms with Gasteiger partial charge in [0.05, 0.1) is 5.56 Å². The van der Waals surface area contributed by atoms with Crippen molar-refractivity contribution >= 4 is 11.9 Å². The van der Waals surface area contributed by atoms with Gasteiger partial charge in [-0.05, 0) is 17.7 Å². The summed E-state index contributed by atoms with van der Waals surface area (Å²) in [5.74, 6) is -1.98. The van der Waals surface area contributed by atoms with Gasteiger partial charge < -0.3 is 14.4 Å². The van der Waals surface area contributed by atoms with E-state index in [9.17, 15) is 9.59 Å². The molecule has 1 N–H and O–H groups in total. The Hall–Kier alpha value is -3.48. The fraction of sp³-hybridized carbons (Fsp3) is 0.0588. The molecule has 7 nitrogen and oxygen atoms in total. The summed E-state index contributed by atoms with van der Waals surface area (Å²) in [6.07, 6.45) is 0. The zero-order valence-corrected chi connectivity index (χ0v) is 12.4. The predicted molar refractivity (Wildman–Crippen MR) is 82.3 cm³/mol. The number of carbonyl (C=O) groups is 2. The third kappa shape index (κ3) is 3.46. The van der Waals surface area contributed by atoms with Crippen LogP contribution in [0.1, 0.15) is 26.6 Å². The summed E-state index contributed by atoms with van der Waals surface area (Å²) in [5, 5.41) is 12.7. The van der Waals surface area contributed by atoms with E-state index in [1.165, 1.54) is 12.1 Å². The molecular weight excluding hydrogens is 312 g/mol. The van der Waals surface area contributed by atoms with Gasteiger partial charge in [0, 0.05) is 5.56 Å². The van der Waals surface area contributed by atoms with E-state index < -0.39 is 11.9 Å². The Balaban J connectivity index is 1.72. The van der Waals surface area contributed by atoms with E-state index in [1.54, 1.807) is 12.1 Å². The zero-order valence-electron chi connectivity index (χ0n) is 12.4. The number of rotatable bonds is 5. The van der Waals surface area contributed by atoms with Crippen molar-refractivity contribution in [3.05, 3.63) is 71.6 Å². The summed E-state index contributed by atoms with van der Waals surface area (Å²) in [6.45, 7) is 0.0892. The van der Waals surface area contributed by atoms with Crippen LogP contribution >= 0.6 is 0 Å². The summed E-state index contributed by atoms with van der Waals surface area (Å²) in [7, 11) is 0. The van der Waals surface area contributed by atoms with Crippen LogP contribution in [0, 0.1) is 0 Å². The molecule has 0 radical (unpaired) electrons. The normalized spacial score (nSPS) is 10.3. The lowest BCUT2D eigenvalue weighted by Crippen LogP contribution is -2.05. The van der Waals surface area contributed by atoms with Crippen LogP contribution < -0.4 is 0 Å². The molecule has 120 valence electrons. The predicted octanol–water partition coefficient (Wildman–Crippen LogP) is 2.79. The molecule has 0 spiro atoms. The zero-order chi connectivity index (χ0) is 16.9. The van der Waals surface area contributed by atoms with E-state index in [0.29, 0.717) is 5.56 Å². The number of carboxylic acids is 1. The molecule has 0 bridgehead atoms. The lowest BCUT2D eigenvalue weighted by Gasteiger charge is -2.01. The minimum Gasteiger partial charge on any atom is -0.478 e. The van der Waals surface area contributed by atoms with Gasteiger partial charge in [-0.1, -0.05) is 47.6 Å². The van der Waals surface area contributed by atoms with Crippen LogP contribution in [0.25, 0.3) is 11.4 Å². The van der Waals surface area contributed by atoms with Crippen molar-refractivity contribution in [1.29, 1.82) is 0 Å². The van der Waals surface area contributed by atoms with Gasteiger partial charge in [-0.15, -0.1) is 0 Å². The van der Waals surface area contributed by atoms with Crippen molar-refractivity contribution in [2.24, 2.45) is 0 Å². The Morgan fingerprint density at radius 1 is 1.08 bits per heavy atom. The van der Waals surface area contributed by atoms with Crippen LogP contribution in [0.5, 0.6) is 0 Å². The molecule has 0 aliphatic carbocycles. The topological polar surface area (TPSA) is 103 Å². The Morgan fingerprint density at radius 2 is 1.88 bits per heavy atom. The number of carboxylic acid groups (broad SMARTS) is 1. The molecule has 0 unspecified atom stereocenters. The summed E-state index contributed by atoms with van der Waals surface area (Å²) in [5.41, 5.74) is 1.35. The second-order valence-electron chi connectivity index (χ2n) is 4.87. The third-order valence-corrected chi connectivity index (χ3v) is 3.18. The third-order valence-electron chi connectivity index (χ3n) is 3.18. The minimum absolute atomic E-state index is 0.0884. The van der Waals surface area contributed by atoms with Crippen molar-refractivity contribution < 1.29 is 24.0 Å². The number of hydrogen-bond acceptors (Lipinski definition) is 6. The maximum absolute atomic E-state index is 11.9. The average molecular weight is 324 g/mol. The van der Waals surface area contributed by atoms with Crippen LogP contribution in [-0.2, 0) is 11.3 Å². The van der Waals surface area contributed by atoms with Gasteiger partial charge in [0.25, 0.3) is 0 Å². The summed E-state index contributed by atoms with van der Waals surface area (Å²) in [4.78, 5) is 26.9. The molecule has 0 atom stereocenters. The molecule has 0 saturated carbocycles. The first-order valence-corrected chi connectivity index (χ1v) is 7.02. The number of hydrogen-bond donors (Lipinski definition) is 1. The second kappa shape index (κ2) is 6.74. The van der Waals surface area contributed by atoms with Crippen LogP contribution in [-0.4, -0.2) is 27.2 Å². The number of ether oxygens (including phenoxy) is 1. The van der Waals surface area contributed by atoms with Crippen LogP contribution in [0.3, 0.4) is 0 Å². The highest BCUT2D eigenvalue weighted by atomic mass is 16.6. The molecule has 3 rings (SSSR count). The van der Waals surface area contributed by atoms with E-state index in [1.807, 2.05) is 30.3 Å². The molecule has 1 heterocycles. The van der Waals surface area contributed by atoms with Gasteiger partial charge in [-0.25, -0.2) is 9.59 Å². The quantitative estimate of drug-likeness (QED) is 0.720. The Morgan fingerprint density at radius 3 is 2.62 bits per heavy atom. The molecule has 0 fully saturated rings. The van der Waals surface area contributed by atoms with Crippen molar-refractivity contribution in [3.8, 4) is 11.4 Å². The average Bonchev–Trinajstić information content (AvgIpc) is 3.11. The number of nitrogens with zero attached hydrogens (tertiary/aromatic N) is 2. The van der Waals surface area contributed by atoms with Crippen LogP contribution in [0.15, 0.2) is 59.1 Å². The van der Waals surface area contributed by atoms with Crippen molar-refractivity contribution in [2.45, 2.75) is 6.61 Å². The van der Waals surface area contributed by atoms with Crippen LogP contribution in [0.4, 0.5) is 0 Å². The molecule has 1 aromatic heterocycles. The lowest BCUT2D eigenvalue weighted by molar-refractivity contribution is 0.0416. The van der Waals surface area contributed by atoms with Crippen molar-refractivity contribution in [2.75, 3.05) is 0 Å². The molecule has 0 aliphatic heterocycles. The van der Waals surface area contributed by atoms with E-state index in [-0.39, 0.29) is 23.9 Å². The van der Waals surface area contributed by atoms with E-state index in [2.05, 4.69) is 10.1 Å². The highest BCUT2D eigenvalue weighted by Crippen LogP contribution is 2.18. The summed E-state index contributed by atoms with van der Waals surface area (Å²) < 4.78 is 9.98. The molecule has 0 aliphatic rings. The molecule has 7 heteroatoms. The fourth-order valence-electron chi connectivity index (χ4n) is 2.00. The number of benzene rings is 2. The molecule has 0 saturated heterocycles. The van der Waals surface area contributed by atoms with Gasteiger partial charge in [0.15, 0.2) is 0 Å². The van der Waals surface area contributed by atoms with Gasteiger partial charge in [-0.2, -0.15) is 4.98 Å². The molecule has 0 amide bonds. The number of aromatic nitrogens is 2. The Bertz CT molecular complexity index is 873. The maximum atomic E-state index is 11.9. The fourth-order valence-corrected chi connectivity index (χ4v) is 2.00. The maximum Gasteiger partial charge on any atom is 0.397 e. The van der Waals surface area contributed by atoms with Crippen molar-refractivity contribution in [1.82, 2.24) is 10.1 Å². The standard InChI is InChI=1S/C17H12N2O5/c20-16(21)13-8-4-7-12(9-13)14-18-15(24-19-14)17(22)23-10-11-5-2-1-3-6-11/h1-9H,10H2,(H,20,21). The van der Waals surface area contributed by atoms with E-state index >= 15 is 0 Å². The largest absolute Gasteiger partial charge is 0.478 e. The second-order valence-corrected chi connectivity index (χ2v) is 4.87. The van der Waals surface area contributed by atoms with Gasteiger partial charge in [-0.3, -0.25) is 0 Å². The molecule has 24 heavy (non-hydrogen) atoms. The smallest absolute Gasteiger partial charge is 0.397 e. The van der Waals surface area contributed by atoms with E-state index in [0.717, 1.165) is 5.56 Å². The molecular formula is C17H12N2O5. The Kier molecular flexibility index (Phi) is 4.33. The Labute approximate surface area is 136 Å². The number of carbonyl (C=O) groups excluding carboxylic acids is 1. The summed E-state index contributed by atoms with van der Waals surface area (Å²) in [6, 6.07) is 15.2. The van der Waals surface area contributed by atoms with Gasteiger partial charge in [0.2, 0.25) is 5.82 Å². The molecule has 2 aromatic carbocycles. The monoisotopic (exact) mass is 324 g/mol. The first kappa shape index (κ1) is 15.4. The van der Waals surface area contributed by atoms with Gasteiger partial charge >= 0.3 is 17.8 Å². The van der Waals surface area contributed by atoms with Crippen molar-refractivity contribution in [3.63, 3.8) is 0 Å². The number of esters is 1. The summed E-state index contributed by atoms with van der Waals surface area (Å²) >= 11 is 0. The highest BCUT2D eigenvalue weighted by molar-refractivity contribution is 5.89. The SMILES string of the molecule is O=C(O)c1cccc(-c2noc(C(=O)OCc3ccccc3)n2)c1. The molecule has 3 aromatic rings. The van der Waals surface area contributed by atoms with Crippen LogP contribution in [0.2, 0.25) is 0 Å². The minimum atomic E-state index is -1.07. The van der Waals surface area contributed by atoms with E-state index in [4.69, 9.17) is 14.4 Å². The first-order chi connectivity index (χ1) is 11.6. The highest BCUT2D eigenvalue weighted by Gasteiger charge is 2.18. The van der Waals surface area contributed by atoms with Gasteiger partial charge in [0.1, 0.15) is 6.61 Å².